The van der Waals surface area contributed by atoms with Gasteiger partial charge in [0.15, 0.2) is 0 Å². The third-order valence-electron chi connectivity index (χ3n) is 6.64. The van der Waals surface area contributed by atoms with Crippen LogP contribution in [0.25, 0.3) is 0 Å². The fourth-order valence-corrected chi connectivity index (χ4v) is 4.56. The molecule has 2 fully saturated rings. The molecule has 2 aromatic rings. The Bertz CT molecular complexity index is 1010. The number of halogens is 3. The highest BCUT2D eigenvalue weighted by atomic mass is 19.4. The molecule has 1 saturated carbocycles. The van der Waals surface area contributed by atoms with Crippen molar-refractivity contribution < 1.29 is 32.5 Å². The number of nitrogens with zero attached hydrogens (tertiary/aromatic N) is 3. The number of anilines is 1. The summed E-state index contributed by atoms with van der Waals surface area (Å²) >= 11 is 0. The number of hydrogen-bond donors (Lipinski definition) is 1. The summed E-state index contributed by atoms with van der Waals surface area (Å²) in [6, 6.07) is 3.47. The first-order valence-electron chi connectivity index (χ1n) is 11.4. The van der Waals surface area contributed by atoms with Gasteiger partial charge in [-0.1, -0.05) is 0 Å². The van der Waals surface area contributed by atoms with Gasteiger partial charge in [-0.2, -0.15) is 13.2 Å². The lowest BCUT2D eigenvalue weighted by atomic mass is 9.82. The summed E-state index contributed by atoms with van der Waals surface area (Å²) < 4.78 is 50.4. The molecule has 0 bridgehead atoms. The van der Waals surface area contributed by atoms with Crippen LogP contribution in [0.1, 0.15) is 53.4 Å². The second kappa shape index (κ2) is 10.2. The molecule has 4 rings (SSSR count). The smallest absolute Gasteiger partial charge is 0.391 e. The van der Waals surface area contributed by atoms with Crippen LogP contribution in [0, 0.1) is 18.8 Å². The Kier molecular flexibility index (Phi) is 7.25. The van der Waals surface area contributed by atoms with Gasteiger partial charge in [-0.15, -0.1) is 0 Å². The standard InChI is InChI=1S/C24H28F3N3O4/c1-15-21(23(31)32)8-17(10-29-15)22-13-30(6-7-33-22)19-9-20(12-28-11-19)34-14-16-2-4-18(5-3-16)24(25,26)27/h8-12,16,18,22H,2-7,13-14H2,1H3,(H,31,32)/t16-,18-,22?. The number of carboxylic acid groups (broad SMARTS) is 1. The predicted octanol–water partition coefficient (Wildman–Crippen LogP) is 4.81. The van der Waals surface area contributed by atoms with E-state index in [1.54, 1.807) is 31.6 Å². The Hall–Kier alpha value is -2.88. The van der Waals surface area contributed by atoms with E-state index in [9.17, 15) is 23.1 Å². The van der Waals surface area contributed by atoms with Crippen LogP contribution >= 0.6 is 0 Å². The van der Waals surface area contributed by atoms with E-state index >= 15 is 0 Å². The largest absolute Gasteiger partial charge is 0.492 e. The van der Waals surface area contributed by atoms with Crippen LogP contribution < -0.4 is 9.64 Å². The van der Waals surface area contributed by atoms with Gasteiger partial charge in [-0.05, 0) is 44.6 Å². The van der Waals surface area contributed by atoms with Gasteiger partial charge in [-0.25, -0.2) is 4.79 Å². The summed E-state index contributed by atoms with van der Waals surface area (Å²) in [5.74, 6) is -1.55. The molecular formula is C24H28F3N3O4. The maximum atomic E-state index is 12.9. The molecule has 1 saturated heterocycles. The van der Waals surface area contributed by atoms with Crippen LogP contribution in [0.5, 0.6) is 5.75 Å². The van der Waals surface area contributed by atoms with Crippen LogP contribution in [-0.2, 0) is 4.74 Å². The molecule has 0 spiro atoms. The Morgan fingerprint density at radius 3 is 2.68 bits per heavy atom. The van der Waals surface area contributed by atoms with E-state index in [1.807, 2.05) is 6.07 Å². The lowest BCUT2D eigenvalue weighted by Gasteiger charge is -2.34. The number of carboxylic acids is 1. The van der Waals surface area contributed by atoms with Gasteiger partial charge in [0.2, 0.25) is 0 Å². The van der Waals surface area contributed by atoms with Crippen molar-refractivity contribution in [3.8, 4) is 5.75 Å². The molecule has 0 radical (unpaired) electrons. The molecule has 1 atom stereocenters. The SMILES string of the molecule is Cc1ncc(C2CN(c3cncc(OC[C@H]4CC[C@H](C(F)(F)F)CC4)c3)CCO2)cc1C(=O)O. The van der Waals surface area contributed by atoms with Crippen molar-refractivity contribution in [3.05, 3.63) is 47.5 Å². The molecule has 0 amide bonds. The molecule has 1 N–H and O–H groups in total. The summed E-state index contributed by atoms with van der Waals surface area (Å²) in [4.78, 5) is 22.0. The van der Waals surface area contributed by atoms with Crippen molar-refractivity contribution in [2.75, 3.05) is 31.2 Å². The van der Waals surface area contributed by atoms with Crippen LogP contribution in [0.3, 0.4) is 0 Å². The maximum absolute atomic E-state index is 12.9. The average molecular weight is 479 g/mol. The van der Waals surface area contributed by atoms with Crippen LogP contribution in [0.15, 0.2) is 30.7 Å². The summed E-state index contributed by atoms with van der Waals surface area (Å²) in [5, 5.41) is 9.38. The monoisotopic (exact) mass is 479 g/mol. The lowest BCUT2D eigenvalue weighted by Crippen LogP contribution is -2.38. The second-order valence-corrected chi connectivity index (χ2v) is 8.96. The van der Waals surface area contributed by atoms with E-state index in [1.165, 1.54) is 0 Å². The van der Waals surface area contributed by atoms with E-state index in [0.717, 1.165) is 5.69 Å². The average Bonchev–Trinajstić information content (AvgIpc) is 2.83. The minimum absolute atomic E-state index is 0.104. The van der Waals surface area contributed by atoms with Crippen LogP contribution in [0.4, 0.5) is 18.9 Å². The highest BCUT2D eigenvalue weighted by Crippen LogP contribution is 2.39. The third-order valence-corrected chi connectivity index (χ3v) is 6.64. The number of aromatic nitrogens is 2. The molecule has 10 heteroatoms. The Labute approximate surface area is 195 Å². The minimum Gasteiger partial charge on any atom is -0.492 e. The number of carbonyl (C=O) groups is 1. The molecule has 7 nitrogen and oxygen atoms in total. The van der Waals surface area contributed by atoms with Gasteiger partial charge in [0, 0.05) is 30.9 Å². The van der Waals surface area contributed by atoms with E-state index in [0.29, 0.717) is 56.2 Å². The maximum Gasteiger partial charge on any atom is 0.391 e. The molecule has 1 unspecified atom stereocenters. The van der Waals surface area contributed by atoms with Crippen molar-refractivity contribution in [2.24, 2.45) is 11.8 Å². The van der Waals surface area contributed by atoms with E-state index in [-0.39, 0.29) is 30.4 Å². The van der Waals surface area contributed by atoms with E-state index in [2.05, 4.69) is 14.9 Å². The van der Waals surface area contributed by atoms with Crippen molar-refractivity contribution in [1.29, 1.82) is 0 Å². The molecule has 1 aliphatic heterocycles. The van der Waals surface area contributed by atoms with E-state index in [4.69, 9.17) is 9.47 Å². The number of aromatic carboxylic acids is 1. The summed E-state index contributed by atoms with van der Waals surface area (Å²) in [6.07, 6.45) is 1.84. The highest BCUT2D eigenvalue weighted by Gasteiger charge is 2.41. The molecule has 34 heavy (non-hydrogen) atoms. The Balaban J connectivity index is 1.36. The zero-order chi connectivity index (χ0) is 24.3. The Morgan fingerprint density at radius 1 is 1.21 bits per heavy atom. The highest BCUT2D eigenvalue weighted by molar-refractivity contribution is 5.88. The first-order chi connectivity index (χ1) is 16.2. The molecule has 2 aliphatic rings. The van der Waals surface area contributed by atoms with Crippen LogP contribution in [0.2, 0.25) is 0 Å². The zero-order valence-electron chi connectivity index (χ0n) is 18.9. The first-order valence-corrected chi connectivity index (χ1v) is 11.4. The van der Waals surface area contributed by atoms with Gasteiger partial charge in [0.25, 0.3) is 0 Å². The third kappa shape index (κ3) is 5.78. The van der Waals surface area contributed by atoms with Gasteiger partial charge in [-0.3, -0.25) is 9.97 Å². The van der Waals surface area contributed by atoms with Crippen molar-refractivity contribution >= 4 is 11.7 Å². The van der Waals surface area contributed by atoms with Gasteiger partial charge >= 0.3 is 12.1 Å². The molecule has 184 valence electrons. The quantitative estimate of drug-likeness (QED) is 0.637. The lowest BCUT2D eigenvalue weighted by molar-refractivity contribution is -0.184. The molecule has 2 aromatic heterocycles. The molecular weight excluding hydrogens is 451 g/mol. The number of morpholine rings is 1. The van der Waals surface area contributed by atoms with Crippen molar-refractivity contribution in [3.63, 3.8) is 0 Å². The Morgan fingerprint density at radius 2 is 1.97 bits per heavy atom. The zero-order valence-corrected chi connectivity index (χ0v) is 18.9. The van der Waals surface area contributed by atoms with E-state index < -0.39 is 18.1 Å². The van der Waals surface area contributed by atoms with Crippen LogP contribution in [-0.4, -0.2) is 53.5 Å². The van der Waals surface area contributed by atoms with Crippen molar-refractivity contribution in [2.45, 2.75) is 44.9 Å². The fourth-order valence-electron chi connectivity index (χ4n) is 4.56. The van der Waals surface area contributed by atoms with Crippen molar-refractivity contribution in [1.82, 2.24) is 9.97 Å². The first kappa shape index (κ1) is 24.3. The summed E-state index contributed by atoms with van der Waals surface area (Å²) in [6.45, 7) is 3.61. The number of hydrogen-bond acceptors (Lipinski definition) is 6. The summed E-state index contributed by atoms with van der Waals surface area (Å²) in [7, 11) is 0. The van der Waals surface area contributed by atoms with Gasteiger partial charge in [0.05, 0.1) is 48.5 Å². The normalized spacial score (nSPS) is 23.5. The van der Waals surface area contributed by atoms with Gasteiger partial charge in [0.1, 0.15) is 11.9 Å². The topological polar surface area (TPSA) is 84.8 Å². The number of pyridine rings is 2. The molecule has 0 aromatic carbocycles. The number of rotatable bonds is 6. The van der Waals surface area contributed by atoms with Gasteiger partial charge < -0.3 is 19.5 Å². The fraction of sp³-hybridized carbons (Fsp3) is 0.542. The number of ether oxygens (including phenoxy) is 2. The number of aryl methyl sites for hydroxylation is 1. The molecule has 1 aliphatic carbocycles. The predicted molar refractivity (Wildman–Crippen MR) is 118 cm³/mol. The number of alkyl halides is 3. The minimum atomic E-state index is -4.11. The second-order valence-electron chi connectivity index (χ2n) is 8.96. The molecule has 3 heterocycles. The summed E-state index contributed by atoms with van der Waals surface area (Å²) in [5.41, 5.74) is 2.14.